The number of piperazine rings is 1. The van der Waals surface area contributed by atoms with Gasteiger partial charge in [-0.1, -0.05) is 12.1 Å². The molecule has 7 nitrogen and oxygen atoms in total. The fourth-order valence-electron chi connectivity index (χ4n) is 3.28. The Morgan fingerprint density at radius 3 is 2.54 bits per heavy atom. The number of hydrogen-bond acceptors (Lipinski definition) is 6. The molecule has 1 aliphatic rings. The number of aryl methyl sites for hydroxylation is 1. The van der Waals surface area contributed by atoms with Crippen molar-refractivity contribution in [2.75, 3.05) is 36.8 Å². The fourth-order valence-corrected chi connectivity index (χ4v) is 3.28. The summed E-state index contributed by atoms with van der Waals surface area (Å²) in [5, 5.41) is 3.38. The zero-order valence-electron chi connectivity index (χ0n) is 14.9. The molecule has 4 rings (SSSR count). The second-order valence-electron chi connectivity index (χ2n) is 6.53. The van der Waals surface area contributed by atoms with Crippen molar-refractivity contribution < 1.29 is 0 Å². The van der Waals surface area contributed by atoms with E-state index in [0.29, 0.717) is 12.4 Å². The molecule has 0 bridgehead atoms. The van der Waals surface area contributed by atoms with Gasteiger partial charge in [-0.15, -0.1) is 0 Å². The minimum atomic E-state index is 0.404. The van der Waals surface area contributed by atoms with Crippen LogP contribution in [0.5, 0.6) is 0 Å². The van der Waals surface area contributed by atoms with Gasteiger partial charge < -0.3 is 20.9 Å². The van der Waals surface area contributed by atoms with Gasteiger partial charge in [0.15, 0.2) is 5.95 Å². The van der Waals surface area contributed by atoms with Crippen molar-refractivity contribution in [3.63, 3.8) is 0 Å². The number of imidazole rings is 1. The first-order valence-electron chi connectivity index (χ1n) is 8.88. The van der Waals surface area contributed by atoms with E-state index in [1.165, 1.54) is 11.3 Å². The number of nitrogen functional groups attached to an aromatic ring is 1. The first kappa shape index (κ1) is 16.5. The van der Waals surface area contributed by atoms with E-state index in [1.807, 2.05) is 13.0 Å². The molecule has 26 heavy (non-hydrogen) atoms. The highest BCUT2D eigenvalue weighted by molar-refractivity contribution is 5.59. The molecule has 1 aliphatic heterocycles. The van der Waals surface area contributed by atoms with Crippen molar-refractivity contribution in [2.24, 2.45) is 0 Å². The van der Waals surface area contributed by atoms with Gasteiger partial charge in [-0.3, -0.25) is 0 Å². The van der Waals surface area contributed by atoms with Gasteiger partial charge in [-0.05, 0) is 30.7 Å². The second kappa shape index (κ2) is 7.13. The molecule has 0 amide bonds. The molecule has 2 aromatic heterocycles. The monoisotopic (exact) mass is 349 g/mol. The highest BCUT2D eigenvalue weighted by atomic mass is 15.2. The van der Waals surface area contributed by atoms with Crippen molar-refractivity contribution in [2.45, 2.75) is 13.3 Å². The maximum absolute atomic E-state index is 5.74. The maximum atomic E-state index is 5.74. The van der Waals surface area contributed by atoms with Crippen molar-refractivity contribution in [1.82, 2.24) is 25.3 Å². The molecular weight excluding hydrogens is 326 g/mol. The number of rotatable bonds is 4. The Balaban J connectivity index is 1.50. The van der Waals surface area contributed by atoms with E-state index in [2.05, 4.69) is 54.4 Å². The molecule has 3 heterocycles. The fraction of sp³-hybridized carbons (Fsp3) is 0.316. The summed E-state index contributed by atoms with van der Waals surface area (Å²) < 4.78 is 0. The third kappa shape index (κ3) is 3.52. The molecule has 0 spiro atoms. The van der Waals surface area contributed by atoms with Crippen LogP contribution in [0.3, 0.4) is 0 Å². The predicted molar refractivity (Wildman–Crippen MR) is 103 cm³/mol. The first-order valence-corrected chi connectivity index (χ1v) is 8.88. The molecule has 1 aromatic carbocycles. The van der Waals surface area contributed by atoms with Crippen molar-refractivity contribution >= 4 is 11.6 Å². The van der Waals surface area contributed by atoms with Crippen LogP contribution in [-0.4, -0.2) is 46.1 Å². The number of H-pyrrole nitrogens is 1. The van der Waals surface area contributed by atoms with Gasteiger partial charge in [-0.25, -0.2) is 15.0 Å². The van der Waals surface area contributed by atoms with E-state index in [-0.39, 0.29) is 0 Å². The first-order chi connectivity index (χ1) is 12.7. The standard InChI is InChI=1S/C19H23N7/c1-13-18(25-19(20)23-13)16-6-7-22-17(24-16)12-14-2-4-15(5-3-14)26-10-8-21-9-11-26/h2-7,21H,8-12H2,1H3,(H3,20,23,25). The third-order valence-electron chi connectivity index (χ3n) is 4.63. The molecule has 1 saturated heterocycles. The number of nitrogens with two attached hydrogens (primary N) is 1. The normalized spacial score (nSPS) is 14.6. The quantitative estimate of drug-likeness (QED) is 0.664. The van der Waals surface area contributed by atoms with Gasteiger partial charge >= 0.3 is 0 Å². The van der Waals surface area contributed by atoms with Gasteiger partial charge in [-0.2, -0.15) is 0 Å². The zero-order valence-corrected chi connectivity index (χ0v) is 14.9. The summed E-state index contributed by atoms with van der Waals surface area (Å²) in [4.78, 5) is 18.8. The van der Waals surface area contributed by atoms with Crippen LogP contribution in [0.2, 0.25) is 0 Å². The van der Waals surface area contributed by atoms with Crippen LogP contribution in [0.25, 0.3) is 11.4 Å². The van der Waals surface area contributed by atoms with E-state index < -0.39 is 0 Å². The van der Waals surface area contributed by atoms with E-state index in [1.54, 1.807) is 6.20 Å². The molecule has 3 aromatic rings. The zero-order chi connectivity index (χ0) is 17.9. The Hall–Kier alpha value is -2.93. The molecule has 1 fully saturated rings. The van der Waals surface area contributed by atoms with Crippen LogP contribution in [0.1, 0.15) is 17.1 Å². The Labute approximate surface area is 152 Å². The lowest BCUT2D eigenvalue weighted by atomic mass is 10.1. The number of aromatic amines is 1. The van der Waals surface area contributed by atoms with E-state index in [4.69, 9.17) is 5.73 Å². The molecule has 7 heteroatoms. The molecule has 0 saturated carbocycles. The van der Waals surface area contributed by atoms with Crippen LogP contribution >= 0.6 is 0 Å². The summed E-state index contributed by atoms with van der Waals surface area (Å²) in [5.74, 6) is 1.18. The molecule has 0 unspecified atom stereocenters. The van der Waals surface area contributed by atoms with E-state index in [0.717, 1.165) is 49.1 Å². The summed E-state index contributed by atoms with van der Waals surface area (Å²) >= 11 is 0. The number of hydrogen-bond donors (Lipinski definition) is 3. The second-order valence-corrected chi connectivity index (χ2v) is 6.53. The smallest absolute Gasteiger partial charge is 0.198 e. The minimum Gasteiger partial charge on any atom is -0.369 e. The number of anilines is 2. The molecule has 4 N–H and O–H groups in total. The number of benzene rings is 1. The van der Waals surface area contributed by atoms with Gasteiger partial charge in [0.2, 0.25) is 0 Å². The average molecular weight is 349 g/mol. The topological polar surface area (TPSA) is 95.8 Å². The molecule has 134 valence electrons. The van der Waals surface area contributed by atoms with E-state index in [9.17, 15) is 0 Å². The number of nitrogens with one attached hydrogen (secondary N) is 2. The summed E-state index contributed by atoms with van der Waals surface area (Å²) in [5.41, 5.74) is 10.7. The van der Waals surface area contributed by atoms with Crippen molar-refractivity contribution in [3.8, 4) is 11.4 Å². The lowest BCUT2D eigenvalue weighted by Gasteiger charge is -2.29. The van der Waals surface area contributed by atoms with Gasteiger partial charge in [0.25, 0.3) is 0 Å². The minimum absolute atomic E-state index is 0.404. The van der Waals surface area contributed by atoms with Gasteiger partial charge in [0.1, 0.15) is 11.5 Å². The predicted octanol–water partition coefficient (Wildman–Crippen LogP) is 1.76. The summed E-state index contributed by atoms with van der Waals surface area (Å²) in [6, 6.07) is 10.5. The maximum Gasteiger partial charge on any atom is 0.198 e. The van der Waals surface area contributed by atoms with Crippen LogP contribution in [0.4, 0.5) is 11.6 Å². The SMILES string of the molecule is Cc1[nH]c(N)nc1-c1ccnc(Cc2ccc(N3CCNCC3)cc2)n1. The number of aromatic nitrogens is 4. The van der Waals surface area contributed by atoms with Gasteiger partial charge in [0, 0.05) is 50.2 Å². The highest BCUT2D eigenvalue weighted by Crippen LogP contribution is 2.21. The van der Waals surface area contributed by atoms with Gasteiger partial charge in [0.05, 0.1) is 5.69 Å². The average Bonchev–Trinajstić information content (AvgIpc) is 3.01. The Bertz CT molecular complexity index is 879. The third-order valence-corrected chi connectivity index (χ3v) is 4.63. The Kier molecular flexibility index (Phi) is 4.53. The Morgan fingerprint density at radius 2 is 1.85 bits per heavy atom. The van der Waals surface area contributed by atoms with Crippen LogP contribution < -0.4 is 16.0 Å². The van der Waals surface area contributed by atoms with Crippen molar-refractivity contribution in [3.05, 3.63) is 53.6 Å². The molecule has 0 aliphatic carbocycles. The summed E-state index contributed by atoms with van der Waals surface area (Å²) in [6.07, 6.45) is 2.46. The van der Waals surface area contributed by atoms with Crippen LogP contribution in [-0.2, 0) is 6.42 Å². The Morgan fingerprint density at radius 1 is 1.08 bits per heavy atom. The summed E-state index contributed by atoms with van der Waals surface area (Å²) in [6.45, 7) is 6.13. The lowest BCUT2D eigenvalue weighted by Crippen LogP contribution is -2.43. The molecule has 0 radical (unpaired) electrons. The number of nitrogens with zero attached hydrogens (tertiary/aromatic N) is 4. The lowest BCUT2D eigenvalue weighted by molar-refractivity contribution is 0.589. The highest BCUT2D eigenvalue weighted by Gasteiger charge is 2.12. The van der Waals surface area contributed by atoms with Crippen LogP contribution in [0.15, 0.2) is 36.5 Å². The van der Waals surface area contributed by atoms with E-state index >= 15 is 0 Å². The summed E-state index contributed by atoms with van der Waals surface area (Å²) in [7, 11) is 0. The largest absolute Gasteiger partial charge is 0.369 e. The molecule has 0 atom stereocenters. The van der Waals surface area contributed by atoms with Crippen molar-refractivity contribution in [1.29, 1.82) is 0 Å². The van der Waals surface area contributed by atoms with Crippen LogP contribution in [0, 0.1) is 6.92 Å². The molecular formula is C19H23N7.